The van der Waals surface area contributed by atoms with E-state index in [0.717, 1.165) is 0 Å². The van der Waals surface area contributed by atoms with Crippen LogP contribution in [0.15, 0.2) is 12.3 Å². The molecule has 0 radical (unpaired) electrons. The average molecular weight is 294 g/mol. The SMILES string of the molecule is Cc1cc(N(N)C(N)=O)c2cnn(O)c2c1N(N)C(N)=O. The molecule has 4 amide bonds. The number of hydrogen-bond donors (Lipinski definition) is 5. The van der Waals surface area contributed by atoms with E-state index >= 15 is 0 Å². The number of nitrogens with zero attached hydrogens (tertiary/aromatic N) is 4. The molecule has 21 heavy (non-hydrogen) atoms. The third-order valence-corrected chi connectivity index (χ3v) is 2.95. The smallest absolute Gasteiger partial charge is 0.333 e. The van der Waals surface area contributed by atoms with Crippen LogP contribution in [-0.4, -0.2) is 27.2 Å². The average Bonchev–Trinajstić information content (AvgIpc) is 2.78. The van der Waals surface area contributed by atoms with Gasteiger partial charge >= 0.3 is 12.1 Å². The molecule has 0 aliphatic rings. The molecule has 0 aliphatic carbocycles. The number of carbonyl (C=O) groups excluding carboxylic acids is 2. The molecule has 0 unspecified atom stereocenters. The van der Waals surface area contributed by atoms with E-state index in [2.05, 4.69) is 5.10 Å². The molecule has 11 nitrogen and oxygen atoms in total. The normalized spacial score (nSPS) is 10.6. The fourth-order valence-electron chi connectivity index (χ4n) is 2.02. The fourth-order valence-corrected chi connectivity index (χ4v) is 2.02. The molecule has 9 N–H and O–H groups in total. The lowest BCUT2D eigenvalue weighted by Gasteiger charge is -2.21. The Hall–Kier alpha value is -3.05. The highest BCUT2D eigenvalue weighted by Gasteiger charge is 2.23. The summed E-state index contributed by atoms with van der Waals surface area (Å²) in [6, 6.07) is -0.381. The molecular weight excluding hydrogens is 280 g/mol. The minimum Gasteiger partial charge on any atom is -0.411 e. The first-order valence-electron chi connectivity index (χ1n) is 5.64. The van der Waals surface area contributed by atoms with Gasteiger partial charge in [0, 0.05) is 0 Å². The summed E-state index contributed by atoms with van der Waals surface area (Å²) >= 11 is 0. The van der Waals surface area contributed by atoms with Gasteiger partial charge in [0.2, 0.25) is 0 Å². The number of fused-ring (bicyclic) bond motifs is 1. The summed E-state index contributed by atoms with van der Waals surface area (Å²) in [7, 11) is 0. The molecule has 0 spiro atoms. The quantitative estimate of drug-likeness (QED) is 0.207. The van der Waals surface area contributed by atoms with E-state index in [9.17, 15) is 14.8 Å². The van der Waals surface area contributed by atoms with Crippen LogP contribution >= 0.6 is 0 Å². The maximum atomic E-state index is 11.3. The number of anilines is 2. The van der Waals surface area contributed by atoms with E-state index in [1.165, 1.54) is 12.3 Å². The Labute approximate surface area is 118 Å². The fraction of sp³-hybridized carbons (Fsp3) is 0.100. The van der Waals surface area contributed by atoms with Gasteiger partial charge in [0.15, 0.2) is 0 Å². The Morgan fingerprint density at radius 3 is 2.33 bits per heavy atom. The predicted molar refractivity (Wildman–Crippen MR) is 74.2 cm³/mol. The van der Waals surface area contributed by atoms with Crippen molar-refractivity contribution in [2.75, 3.05) is 10.0 Å². The summed E-state index contributed by atoms with van der Waals surface area (Å²) in [5.41, 5.74) is 11.1. The van der Waals surface area contributed by atoms with Gasteiger partial charge in [0.1, 0.15) is 5.52 Å². The van der Waals surface area contributed by atoms with Gasteiger partial charge in [-0.05, 0) is 18.6 Å². The van der Waals surface area contributed by atoms with Gasteiger partial charge in [-0.2, -0.15) is 0 Å². The highest BCUT2D eigenvalue weighted by Crippen LogP contribution is 2.35. The Morgan fingerprint density at radius 2 is 1.81 bits per heavy atom. The number of nitrogens with two attached hydrogens (primary N) is 4. The largest absolute Gasteiger partial charge is 0.411 e. The number of benzene rings is 1. The van der Waals surface area contributed by atoms with Gasteiger partial charge in [-0.1, -0.05) is 4.85 Å². The maximum absolute atomic E-state index is 11.3. The standard InChI is InChI=1S/C10H14N8O3/c1-4-2-6(16(13)9(11)19)5-3-15-18(21)8(5)7(4)17(14)10(12)20/h2-3,21H,13-14H2,1H3,(H2,11,19)(H2,12,20). The summed E-state index contributed by atoms with van der Waals surface area (Å²) in [6.45, 7) is 1.59. The van der Waals surface area contributed by atoms with Crippen LogP contribution in [0, 0.1) is 6.92 Å². The number of urea groups is 2. The summed E-state index contributed by atoms with van der Waals surface area (Å²) in [4.78, 5) is 23.0. The maximum Gasteiger partial charge on any atom is 0.333 e. The highest BCUT2D eigenvalue weighted by molar-refractivity contribution is 6.09. The number of amides is 4. The van der Waals surface area contributed by atoms with Crippen LogP contribution in [0.25, 0.3) is 10.9 Å². The van der Waals surface area contributed by atoms with Crippen molar-refractivity contribution in [2.45, 2.75) is 6.92 Å². The molecule has 2 rings (SSSR count). The summed E-state index contributed by atoms with van der Waals surface area (Å²) in [5, 5.41) is 15.0. The van der Waals surface area contributed by atoms with Gasteiger partial charge in [0.25, 0.3) is 0 Å². The summed E-state index contributed by atoms with van der Waals surface area (Å²) < 4.78 is 0. The Bertz CT molecular complexity index is 739. The molecule has 112 valence electrons. The van der Waals surface area contributed by atoms with Crippen LogP contribution in [0.2, 0.25) is 0 Å². The van der Waals surface area contributed by atoms with E-state index in [1.807, 2.05) is 0 Å². The zero-order valence-electron chi connectivity index (χ0n) is 11.0. The van der Waals surface area contributed by atoms with Gasteiger partial charge in [-0.3, -0.25) is 0 Å². The Kier molecular flexibility index (Phi) is 3.29. The summed E-state index contributed by atoms with van der Waals surface area (Å²) in [5.74, 6) is 11.2. The molecule has 11 heteroatoms. The van der Waals surface area contributed by atoms with Gasteiger partial charge in [-0.25, -0.2) is 31.3 Å². The van der Waals surface area contributed by atoms with Crippen LogP contribution in [0.3, 0.4) is 0 Å². The van der Waals surface area contributed by atoms with E-state index in [4.69, 9.17) is 23.2 Å². The van der Waals surface area contributed by atoms with E-state index < -0.39 is 12.1 Å². The molecule has 0 saturated carbocycles. The first-order valence-corrected chi connectivity index (χ1v) is 5.64. The second-order valence-corrected chi connectivity index (χ2v) is 4.27. The Balaban J connectivity index is 2.83. The molecule has 0 aliphatic heterocycles. The number of hydrazine groups is 2. The molecule has 0 atom stereocenters. The number of aromatic nitrogens is 2. The monoisotopic (exact) mass is 294 g/mol. The van der Waals surface area contributed by atoms with Crippen LogP contribution in [-0.2, 0) is 0 Å². The molecule has 2 aromatic rings. The molecule has 1 aromatic heterocycles. The Morgan fingerprint density at radius 1 is 1.24 bits per heavy atom. The molecule has 0 saturated heterocycles. The first kappa shape index (κ1) is 14.4. The van der Waals surface area contributed by atoms with E-state index in [-0.39, 0.29) is 22.3 Å². The van der Waals surface area contributed by atoms with Crippen LogP contribution in [0.4, 0.5) is 21.0 Å². The second kappa shape index (κ2) is 4.81. The number of hydrogen-bond acceptors (Lipinski definition) is 6. The van der Waals surface area contributed by atoms with Crippen molar-refractivity contribution in [1.82, 2.24) is 9.94 Å². The molecular formula is C10H14N8O3. The third kappa shape index (κ3) is 2.15. The lowest BCUT2D eigenvalue weighted by Crippen LogP contribution is -2.43. The van der Waals surface area contributed by atoms with Crippen molar-refractivity contribution in [3.05, 3.63) is 17.8 Å². The third-order valence-electron chi connectivity index (χ3n) is 2.95. The molecule has 0 bridgehead atoms. The van der Waals surface area contributed by atoms with Crippen molar-refractivity contribution in [2.24, 2.45) is 23.2 Å². The van der Waals surface area contributed by atoms with Crippen molar-refractivity contribution < 1.29 is 14.8 Å². The number of rotatable bonds is 2. The lowest BCUT2D eigenvalue weighted by molar-refractivity contribution is 0.161. The van der Waals surface area contributed by atoms with Gasteiger partial charge in [-0.15, -0.1) is 5.10 Å². The number of aryl methyl sites for hydroxylation is 1. The minimum absolute atomic E-state index is 0.0583. The molecule has 1 heterocycles. The topological polar surface area (TPSA) is 183 Å². The van der Waals surface area contributed by atoms with Crippen molar-refractivity contribution in [3.63, 3.8) is 0 Å². The second-order valence-electron chi connectivity index (χ2n) is 4.27. The lowest BCUT2D eigenvalue weighted by atomic mass is 10.1. The molecule has 1 aromatic carbocycles. The molecule has 0 fully saturated rings. The van der Waals surface area contributed by atoms with Crippen LogP contribution < -0.4 is 33.2 Å². The van der Waals surface area contributed by atoms with E-state index in [0.29, 0.717) is 20.4 Å². The van der Waals surface area contributed by atoms with E-state index in [1.54, 1.807) is 6.92 Å². The minimum atomic E-state index is -0.937. The first-order chi connectivity index (χ1) is 9.75. The number of carbonyl (C=O) groups is 2. The predicted octanol–water partition coefficient (Wildman–Crippen LogP) is -0.900. The van der Waals surface area contributed by atoms with Crippen molar-refractivity contribution in [3.8, 4) is 0 Å². The van der Waals surface area contributed by atoms with Gasteiger partial charge in [0.05, 0.1) is 23.0 Å². The summed E-state index contributed by atoms with van der Waals surface area (Å²) in [6.07, 6.45) is 1.24. The zero-order chi connectivity index (χ0) is 15.9. The van der Waals surface area contributed by atoms with Gasteiger partial charge < -0.3 is 16.7 Å². The van der Waals surface area contributed by atoms with Crippen LogP contribution in [0.1, 0.15) is 5.56 Å². The zero-order valence-corrected chi connectivity index (χ0v) is 11.0. The van der Waals surface area contributed by atoms with Crippen LogP contribution in [0.5, 0.6) is 0 Å². The van der Waals surface area contributed by atoms with Crippen molar-refractivity contribution in [1.29, 1.82) is 0 Å². The highest BCUT2D eigenvalue weighted by atomic mass is 16.5. The van der Waals surface area contributed by atoms with Crippen molar-refractivity contribution >= 4 is 34.3 Å². The number of primary amides is 2.